The summed E-state index contributed by atoms with van der Waals surface area (Å²) in [6.45, 7) is 1.93. The summed E-state index contributed by atoms with van der Waals surface area (Å²) < 4.78 is 8.88. The van der Waals surface area contributed by atoms with E-state index in [1.54, 1.807) is 6.92 Å². The Kier molecular flexibility index (Phi) is 16.7. The summed E-state index contributed by atoms with van der Waals surface area (Å²) in [5.41, 5.74) is 0. The van der Waals surface area contributed by atoms with Crippen molar-refractivity contribution >= 4 is 37.4 Å². The first-order chi connectivity index (χ1) is 3.41. The third-order valence-corrected chi connectivity index (χ3v) is 0. The Hall–Kier alpha value is 1.07. The van der Waals surface area contributed by atoms with Crippen LogP contribution in [0.1, 0.15) is 6.92 Å². The van der Waals surface area contributed by atoms with E-state index in [4.69, 9.17) is 24.4 Å². The van der Waals surface area contributed by atoms with E-state index in [1.165, 1.54) is 0 Å². The van der Waals surface area contributed by atoms with Gasteiger partial charge in [0.15, 0.2) is 0 Å². The van der Waals surface area contributed by atoms with Gasteiger partial charge >= 0.3 is 37.4 Å². The summed E-state index contributed by atoms with van der Waals surface area (Å²) in [6.07, 6.45) is 0. The fraction of sp³-hybridized carbons (Fsp3) is 1.00. The molecule has 4 N–H and O–H groups in total. The topological polar surface area (TPSA) is 98.0 Å². The van der Waals surface area contributed by atoms with Gasteiger partial charge in [0, 0.05) is 6.61 Å². The summed E-state index contributed by atoms with van der Waals surface area (Å²) >= 11 is 0. The van der Waals surface area contributed by atoms with Crippen LogP contribution in [0.3, 0.4) is 0 Å². The maximum atomic E-state index is 8.88. The molecule has 0 aromatic rings. The number of rotatable bonds is 0. The molecule has 0 heterocycles. The summed E-state index contributed by atoms with van der Waals surface area (Å²) in [7, 11) is -4.64. The average Bonchev–Trinajstić information content (AvgIpc) is 1.27. The molecule has 9 heavy (non-hydrogen) atoms. The minimum absolute atomic E-state index is 0. The molecule has 0 radical (unpaired) electrons. The second-order valence-corrected chi connectivity index (χ2v) is 1.86. The Labute approximate surface area is 75.2 Å². The first kappa shape index (κ1) is 16.6. The Bertz CT molecular complexity index is 70.8. The van der Waals surface area contributed by atoms with Crippen LogP contribution in [-0.2, 0) is 4.57 Å². The fourth-order valence-electron chi connectivity index (χ4n) is 0. The molecule has 0 aromatic carbocycles. The van der Waals surface area contributed by atoms with Crippen molar-refractivity contribution < 1.29 is 24.4 Å². The Balaban J connectivity index is -0.0000000800. The molecule has 0 unspecified atom stereocenters. The molecular weight excluding hydrogens is 158 g/mol. The molecule has 0 saturated heterocycles. The zero-order chi connectivity index (χ0) is 7.21. The first-order valence-electron chi connectivity index (χ1n) is 1.81. The van der Waals surface area contributed by atoms with Crippen LogP contribution in [0.25, 0.3) is 0 Å². The van der Waals surface area contributed by atoms with Crippen molar-refractivity contribution in [1.82, 2.24) is 0 Å². The van der Waals surface area contributed by atoms with Gasteiger partial charge in [-0.05, 0) is 6.92 Å². The number of hydrogen-bond acceptors (Lipinski definition) is 2. The van der Waals surface area contributed by atoms with E-state index in [-0.39, 0.29) is 36.2 Å². The molecule has 0 aliphatic carbocycles. The van der Waals surface area contributed by atoms with E-state index in [9.17, 15) is 0 Å². The Morgan fingerprint density at radius 1 is 1.33 bits per heavy atom. The van der Waals surface area contributed by atoms with Gasteiger partial charge in [-0.15, -0.1) is 0 Å². The summed E-state index contributed by atoms with van der Waals surface area (Å²) in [6, 6.07) is 0. The van der Waals surface area contributed by atoms with E-state index < -0.39 is 7.82 Å². The van der Waals surface area contributed by atoms with Crippen molar-refractivity contribution in [3.05, 3.63) is 0 Å². The zero-order valence-corrected chi connectivity index (χ0v) is 5.25. The van der Waals surface area contributed by atoms with Crippen LogP contribution in [0.5, 0.6) is 0 Å². The summed E-state index contributed by atoms with van der Waals surface area (Å²) in [5, 5.41) is 7.57. The van der Waals surface area contributed by atoms with E-state index in [0.29, 0.717) is 0 Å². The van der Waals surface area contributed by atoms with Crippen molar-refractivity contribution in [1.29, 1.82) is 0 Å². The van der Waals surface area contributed by atoms with E-state index in [2.05, 4.69) is 0 Å². The van der Waals surface area contributed by atoms with E-state index in [0.717, 1.165) is 0 Å². The molecule has 0 spiro atoms. The van der Waals surface area contributed by atoms with Crippen LogP contribution < -0.4 is 0 Å². The fourth-order valence-corrected chi connectivity index (χ4v) is 0. The number of aliphatic hydroxyl groups excluding tert-OH is 1. The predicted molar refractivity (Wildman–Crippen MR) is 34.2 cm³/mol. The third kappa shape index (κ3) is 396. The van der Waals surface area contributed by atoms with Crippen LogP contribution >= 0.6 is 7.82 Å². The number of phosphoric acid groups is 1. The number of hydrogen-bond donors (Lipinski definition) is 4. The van der Waals surface area contributed by atoms with E-state index in [1.807, 2.05) is 0 Å². The molecule has 5 nitrogen and oxygen atoms in total. The maximum absolute atomic E-state index is 8.88. The van der Waals surface area contributed by atoms with Crippen LogP contribution in [0.4, 0.5) is 0 Å². The van der Waals surface area contributed by atoms with E-state index >= 15 is 0 Å². The Morgan fingerprint density at radius 3 is 1.33 bits per heavy atom. The van der Waals surface area contributed by atoms with Crippen molar-refractivity contribution in [2.45, 2.75) is 6.92 Å². The van der Waals surface area contributed by atoms with Gasteiger partial charge in [-0.1, -0.05) is 0 Å². The second-order valence-electron chi connectivity index (χ2n) is 0.830. The molecule has 0 rings (SSSR count). The van der Waals surface area contributed by atoms with Gasteiger partial charge in [-0.2, -0.15) is 0 Å². The zero-order valence-electron chi connectivity index (χ0n) is 4.35. The van der Waals surface area contributed by atoms with Gasteiger partial charge in [0.1, 0.15) is 0 Å². The molecule has 0 fully saturated rings. The molecule has 7 heteroatoms. The summed E-state index contributed by atoms with van der Waals surface area (Å²) in [4.78, 5) is 21.6. The molecule has 0 aliphatic heterocycles. The van der Waals surface area contributed by atoms with Crippen LogP contribution in [0, 0.1) is 0 Å². The van der Waals surface area contributed by atoms with Gasteiger partial charge in [0.2, 0.25) is 0 Å². The monoisotopic (exact) mass is 168 g/mol. The van der Waals surface area contributed by atoms with Gasteiger partial charge in [0.25, 0.3) is 0 Å². The van der Waals surface area contributed by atoms with Gasteiger partial charge in [-0.25, -0.2) is 4.57 Å². The second kappa shape index (κ2) is 9.07. The average molecular weight is 168 g/mol. The number of aliphatic hydroxyl groups is 1. The van der Waals surface area contributed by atoms with Crippen molar-refractivity contribution in [3.8, 4) is 0 Å². The standard InChI is InChI=1S/C2H6O.Na.H3O4P.H/c1-2-3;;1-5(2,3)4;/h3H,2H2,1H3;;(H3,1,2,3,4);. The van der Waals surface area contributed by atoms with Gasteiger partial charge < -0.3 is 19.8 Å². The van der Waals surface area contributed by atoms with Gasteiger partial charge in [-0.3, -0.25) is 0 Å². The molecule has 0 aromatic heterocycles. The van der Waals surface area contributed by atoms with Crippen molar-refractivity contribution in [2.24, 2.45) is 0 Å². The Morgan fingerprint density at radius 2 is 1.33 bits per heavy atom. The minimum atomic E-state index is -4.64. The first-order valence-corrected chi connectivity index (χ1v) is 3.37. The predicted octanol–water partition coefficient (Wildman–Crippen LogP) is -1.58. The molecule has 0 amide bonds. The quantitative estimate of drug-likeness (QED) is 0.258. The molecule has 0 saturated carbocycles. The molecule has 0 bridgehead atoms. The molecule has 0 aliphatic rings. The van der Waals surface area contributed by atoms with Crippen LogP contribution in [0.2, 0.25) is 0 Å². The third-order valence-electron chi connectivity index (χ3n) is 0. The van der Waals surface area contributed by atoms with Gasteiger partial charge in [0.05, 0.1) is 0 Å². The molecule has 54 valence electrons. The molecular formula is C2H10NaO5P. The normalized spacial score (nSPS) is 8.56. The summed E-state index contributed by atoms with van der Waals surface area (Å²) in [5.74, 6) is 0. The van der Waals surface area contributed by atoms with Crippen molar-refractivity contribution in [3.63, 3.8) is 0 Å². The van der Waals surface area contributed by atoms with Crippen LogP contribution in [-0.4, -0.2) is 56.0 Å². The van der Waals surface area contributed by atoms with Crippen LogP contribution in [0.15, 0.2) is 0 Å². The SMILES string of the molecule is CCO.O=P(O)(O)O.[NaH]. The molecule has 0 atom stereocenters. The van der Waals surface area contributed by atoms with Crippen molar-refractivity contribution in [2.75, 3.05) is 6.61 Å².